The zero-order chi connectivity index (χ0) is 15.4. The summed E-state index contributed by atoms with van der Waals surface area (Å²) < 4.78 is 5.01. The van der Waals surface area contributed by atoms with Crippen LogP contribution in [0.1, 0.15) is 17.5 Å². The van der Waals surface area contributed by atoms with Gasteiger partial charge in [0.2, 0.25) is 0 Å². The summed E-state index contributed by atoms with van der Waals surface area (Å²) in [5.41, 5.74) is 3.63. The van der Waals surface area contributed by atoms with Crippen molar-refractivity contribution in [1.82, 2.24) is 0 Å². The fourth-order valence-corrected chi connectivity index (χ4v) is 3.16. The third kappa shape index (κ3) is 3.14. The number of para-hydroxylation sites is 1. The van der Waals surface area contributed by atoms with Gasteiger partial charge in [-0.3, -0.25) is 4.79 Å². The molecule has 0 radical (unpaired) electrons. The van der Waals surface area contributed by atoms with Gasteiger partial charge in [-0.25, -0.2) is 0 Å². The van der Waals surface area contributed by atoms with Crippen LogP contribution in [0.4, 0.5) is 5.69 Å². The lowest BCUT2D eigenvalue weighted by Crippen LogP contribution is -2.40. The van der Waals surface area contributed by atoms with Crippen LogP contribution in [0.25, 0.3) is 0 Å². The van der Waals surface area contributed by atoms with Crippen LogP contribution in [0, 0.1) is 5.92 Å². The number of nitrogens with one attached hydrogen (secondary N) is 1. The summed E-state index contributed by atoms with van der Waals surface area (Å²) in [5, 5.41) is 3.53. The van der Waals surface area contributed by atoms with Crippen LogP contribution in [0.3, 0.4) is 0 Å². The SMILES string of the molecule is COC(=O)[C@@H]1Cc2ccccc2N[C@@H]1CCc1ccccc1. The van der Waals surface area contributed by atoms with E-state index in [0.29, 0.717) is 0 Å². The maximum absolute atomic E-state index is 12.1. The lowest BCUT2D eigenvalue weighted by atomic mass is 9.84. The number of hydrogen-bond donors (Lipinski definition) is 1. The Labute approximate surface area is 131 Å². The van der Waals surface area contributed by atoms with Gasteiger partial charge in [-0.05, 0) is 36.5 Å². The third-order valence-corrected chi connectivity index (χ3v) is 4.37. The predicted molar refractivity (Wildman–Crippen MR) is 87.8 cm³/mol. The molecule has 0 spiro atoms. The first-order valence-electron chi connectivity index (χ1n) is 7.74. The molecular weight excluding hydrogens is 274 g/mol. The number of methoxy groups -OCH3 is 1. The molecule has 2 aromatic carbocycles. The summed E-state index contributed by atoms with van der Waals surface area (Å²) in [6.45, 7) is 0. The molecule has 22 heavy (non-hydrogen) atoms. The van der Waals surface area contributed by atoms with E-state index in [9.17, 15) is 4.79 Å². The molecule has 1 heterocycles. The summed E-state index contributed by atoms with van der Waals surface area (Å²) in [7, 11) is 1.47. The highest BCUT2D eigenvalue weighted by atomic mass is 16.5. The molecule has 0 amide bonds. The van der Waals surface area contributed by atoms with Gasteiger partial charge in [0.05, 0.1) is 13.0 Å². The fourth-order valence-electron chi connectivity index (χ4n) is 3.16. The zero-order valence-corrected chi connectivity index (χ0v) is 12.8. The number of fused-ring (bicyclic) bond motifs is 1. The molecule has 3 rings (SSSR count). The summed E-state index contributed by atoms with van der Waals surface area (Å²) in [6, 6.07) is 18.7. The number of aryl methyl sites for hydroxylation is 1. The number of benzene rings is 2. The molecule has 114 valence electrons. The molecule has 2 aromatic rings. The van der Waals surface area contributed by atoms with Crippen molar-refractivity contribution in [3.8, 4) is 0 Å². The second-order valence-electron chi connectivity index (χ2n) is 5.77. The van der Waals surface area contributed by atoms with Crippen molar-refractivity contribution in [1.29, 1.82) is 0 Å². The normalized spacial score (nSPS) is 19.9. The Morgan fingerprint density at radius 2 is 1.86 bits per heavy atom. The van der Waals surface area contributed by atoms with Gasteiger partial charge in [-0.1, -0.05) is 48.5 Å². The molecule has 0 aromatic heterocycles. The maximum atomic E-state index is 12.1. The van der Waals surface area contributed by atoms with Crippen molar-refractivity contribution < 1.29 is 9.53 Å². The molecule has 1 aliphatic heterocycles. The largest absolute Gasteiger partial charge is 0.469 e. The Balaban J connectivity index is 1.76. The van der Waals surface area contributed by atoms with Crippen molar-refractivity contribution in [2.75, 3.05) is 12.4 Å². The topological polar surface area (TPSA) is 38.3 Å². The first-order valence-corrected chi connectivity index (χ1v) is 7.74. The first-order chi connectivity index (χ1) is 10.8. The minimum atomic E-state index is -0.125. The zero-order valence-electron chi connectivity index (χ0n) is 12.8. The molecule has 3 heteroatoms. The van der Waals surface area contributed by atoms with Crippen LogP contribution in [0.15, 0.2) is 54.6 Å². The Kier molecular flexibility index (Phi) is 4.42. The molecule has 0 aliphatic carbocycles. The molecule has 0 fully saturated rings. The van der Waals surface area contributed by atoms with Crippen molar-refractivity contribution in [2.24, 2.45) is 5.92 Å². The summed E-state index contributed by atoms with van der Waals surface area (Å²) in [6.07, 6.45) is 2.61. The lowest BCUT2D eigenvalue weighted by molar-refractivity contribution is -0.146. The van der Waals surface area contributed by atoms with E-state index in [0.717, 1.165) is 24.9 Å². The Morgan fingerprint density at radius 3 is 2.64 bits per heavy atom. The molecular formula is C19H21NO2. The number of esters is 1. The number of carbonyl (C=O) groups is 1. The van der Waals surface area contributed by atoms with Gasteiger partial charge in [0.25, 0.3) is 0 Å². The molecule has 0 unspecified atom stereocenters. The molecule has 0 bridgehead atoms. The number of rotatable bonds is 4. The molecule has 0 saturated heterocycles. The molecule has 3 nitrogen and oxygen atoms in total. The van der Waals surface area contributed by atoms with Crippen molar-refractivity contribution in [3.63, 3.8) is 0 Å². The van der Waals surface area contributed by atoms with Crippen LogP contribution in [0.5, 0.6) is 0 Å². The van der Waals surface area contributed by atoms with Crippen LogP contribution < -0.4 is 5.32 Å². The second kappa shape index (κ2) is 6.65. The maximum Gasteiger partial charge on any atom is 0.311 e. The van der Waals surface area contributed by atoms with Crippen LogP contribution in [-0.2, 0) is 22.4 Å². The van der Waals surface area contributed by atoms with Gasteiger partial charge in [-0.15, -0.1) is 0 Å². The van der Waals surface area contributed by atoms with Gasteiger partial charge in [-0.2, -0.15) is 0 Å². The number of hydrogen-bond acceptors (Lipinski definition) is 3. The lowest BCUT2D eigenvalue weighted by Gasteiger charge is -2.33. The monoisotopic (exact) mass is 295 g/mol. The van der Waals surface area contributed by atoms with E-state index < -0.39 is 0 Å². The minimum Gasteiger partial charge on any atom is -0.469 e. The van der Waals surface area contributed by atoms with E-state index >= 15 is 0 Å². The standard InChI is InChI=1S/C19H21NO2/c1-22-19(21)16-13-15-9-5-6-10-17(15)20-18(16)12-11-14-7-3-2-4-8-14/h2-10,16,18,20H,11-13H2,1H3/t16-,18-/m1/s1. The van der Waals surface area contributed by atoms with Gasteiger partial charge in [0.1, 0.15) is 0 Å². The third-order valence-electron chi connectivity index (χ3n) is 4.37. The van der Waals surface area contributed by atoms with Gasteiger partial charge < -0.3 is 10.1 Å². The Hall–Kier alpha value is -2.29. The van der Waals surface area contributed by atoms with E-state index in [1.165, 1.54) is 18.2 Å². The molecule has 1 aliphatic rings. The molecule has 0 saturated carbocycles. The van der Waals surface area contributed by atoms with Crippen molar-refractivity contribution in [2.45, 2.75) is 25.3 Å². The average molecular weight is 295 g/mol. The summed E-state index contributed by atoms with van der Waals surface area (Å²) in [5.74, 6) is -0.247. The highest BCUT2D eigenvalue weighted by Crippen LogP contribution is 2.31. The minimum absolute atomic E-state index is 0.113. The van der Waals surface area contributed by atoms with Crippen LogP contribution in [0.2, 0.25) is 0 Å². The fraction of sp³-hybridized carbons (Fsp3) is 0.316. The smallest absolute Gasteiger partial charge is 0.311 e. The predicted octanol–water partition coefficient (Wildman–Crippen LogP) is 3.45. The van der Waals surface area contributed by atoms with E-state index in [-0.39, 0.29) is 17.9 Å². The van der Waals surface area contributed by atoms with Crippen LogP contribution in [-0.4, -0.2) is 19.1 Å². The number of ether oxygens (including phenoxy) is 1. The first kappa shape index (κ1) is 14.6. The number of carbonyl (C=O) groups excluding carboxylic acids is 1. The van der Waals surface area contributed by atoms with Gasteiger partial charge >= 0.3 is 5.97 Å². The summed E-state index contributed by atoms with van der Waals surface area (Å²) in [4.78, 5) is 12.1. The van der Waals surface area contributed by atoms with Crippen LogP contribution >= 0.6 is 0 Å². The van der Waals surface area contributed by atoms with Gasteiger partial charge in [0, 0.05) is 11.7 Å². The quantitative estimate of drug-likeness (QED) is 0.878. The Bertz CT molecular complexity index is 639. The molecule has 1 N–H and O–H groups in total. The molecule has 2 atom stereocenters. The highest BCUT2D eigenvalue weighted by molar-refractivity contribution is 5.76. The average Bonchev–Trinajstić information content (AvgIpc) is 2.59. The van der Waals surface area contributed by atoms with Crippen molar-refractivity contribution in [3.05, 3.63) is 65.7 Å². The van der Waals surface area contributed by atoms with E-state index in [2.05, 4.69) is 41.7 Å². The number of anilines is 1. The highest BCUT2D eigenvalue weighted by Gasteiger charge is 2.33. The van der Waals surface area contributed by atoms with E-state index in [1.807, 2.05) is 18.2 Å². The Morgan fingerprint density at radius 1 is 1.14 bits per heavy atom. The van der Waals surface area contributed by atoms with E-state index in [1.54, 1.807) is 0 Å². The summed E-state index contributed by atoms with van der Waals surface area (Å²) >= 11 is 0. The second-order valence-corrected chi connectivity index (χ2v) is 5.77. The van der Waals surface area contributed by atoms with E-state index in [4.69, 9.17) is 4.74 Å². The van der Waals surface area contributed by atoms with Crippen molar-refractivity contribution >= 4 is 11.7 Å². The van der Waals surface area contributed by atoms with Gasteiger partial charge in [0.15, 0.2) is 0 Å².